The number of hydrogen-bond donors (Lipinski definition) is 0. The molecule has 1 aromatic carbocycles. The largest absolute Gasteiger partial charge is 0.450 e. The SMILES string of the molecule is O=C(CN1C(=O)S/C(=C/c2ccc(Sc3ccc(Cl)cc3)o2)C1=O)N1CCCC1. The zero-order valence-electron chi connectivity index (χ0n) is 15.3. The summed E-state index contributed by atoms with van der Waals surface area (Å²) in [6.07, 6.45) is 3.46. The number of nitrogens with zero attached hydrogens (tertiary/aromatic N) is 2. The van der Waals surface area contributed by atoms with Gasteiger partial charge in [0.1, 0.15) is 12.3 Å². The minimum absolute atomic E-state index is 0.189. The fraction of sp³-hybridized carbons (Fsp3) is 0.250. The Kier molecular flexibility index (Phi) is 6.03. The van der Waals surface area contributed by atoms with Crippen LogP contribution in [-0.4, -0.2) is 46.5 Å². The van der Waals surface area contributed by atoms with E-state index in [4.69, 9.17) is 16.0 Å². The molecule has 0 saturated carbocycles. The first-order valence-electron chi connectivity index (χ1n) is 9.06. The molecule has 0 radical (unpaired) electrons. The third-order valence-electron chi connectivity index (χ3n) is 4.53. The Labute approximate surface area is 181 Å². The molecule has 2 fully saturated rings. The lowest BCUT2D eigenvalue weighted by Crippen LogP contribution is -2.40. The second-order valence-corrected chi connectivity index (χ2v) is 9.08. The van der Waals surface area contributed by atoms with Gasteiger partial charge in [-0.15, -0.1) is 0 Å². The van der Waals surface area contributed by atoms with Gasteiger partial charge in [-0.2, -0.15) is 0 Å². The van der Waals surface area contributed by atoms with E-state index in [1.807, 2.05) is 12.1 Å². The predicted octanol–water partition coefficient (Wildman–Crippen LogP) is 4.74. The zero-order chi connectivity index (χ0) is 20.4. The Morgan fingerprint density at radius 3 is 2.59 bits per heavy atom. The Morgan fingerprint density at radius 2 is 1.86 bits per heavy atom. The monoisotopic (exact) mass is 448 g/mol. The standard InChI is InChI=1S/C20H17ClN2O4S2/c21-13-3-6-15(7-4-13)28-18-8-5-14(27-18)11-16-19(25)23(20(26)29-16)12-17(24)22-9-1-2-10-22/h3-8,11H,1-2,9-10,12H2/b16-11+. The lowest BCUT2D eigenvalue weighted by Gasteiger charge is -2.18. The maximum Gasteiger partial charge on any atom is 0.294 e. The van der Waals surface area contributed by atoms with Crippen LogP contribution in [0.1, 0.15) is 18.6 Å². The van der Waals surface area contributed by atoms with Crippen LogP contribution in [-0.2, 0) is 9.59 Å². The number of carbonyl (C=O) groups excluding carboxylic acids is 3. The molecule has 150 valence electrons. The summed E-state index contributed by atoms with van der Waals surface area (Å²) in [6, 6.07) is 10.9. The second kappa shape index (κ2) is 8.69. The highest BCUT2D eigenvalue weighted by atomic mass is 35.5. The van der Waals surface area contributed by atoms with E-state index < -0.39 is 11.1 Å². The number of hydrogen-bond acceptors (Lipinski definition) is 6. The Bertz CT molecular complexity index is 981. The summed E-state index contributed by atoms with van der Waals surface area (Å²) >= 11 is 8.14. The molecular formula is C20H17ClN2O4S2. The molecule has 0 bridgehead atoms. The maximum absolute atomic E-state index is 12.6. The zero-order valence-corrected chi connectivity index (χ0v) is 17.7. The fourth-order valence-corrected chi connectivity index (χ4v) is 4.78. The molecule has 0 aliphatic carbocycles. The molecule has 2 aromatic rings. The van der Waals surface area contributed by atoms with Crippen molar-refractivity contribution in [1.82, 2.24) is 9.80 Å². The summed E-state index contributed by atoms with van der Waals surface area (Å²) in [5.41, 5.74) is 0. The lowest BCUT2D eigenvalue weighted by molar-refractivity contribution is -0.135. The van der Waals surface area contributed by atoms with Crippen molar-refractivity contribution in [3.8, 4) is 0 Å². The van der Waals surface area contributed by atoms with Crippen molar-refractivity contribution in [3.05, 3.63) is 52.1 Å². The van der Waals surface area contributed by atoms with Gasteiger partial charge in [0, 0.05) is 29.1 Å². The lowest BCUT2D eigenvalue weighted by atomic mass is 10.3. The van der Waals surface area contributed by atoms with Gasteiger partial charge in [-0.3, -0.25) is 19.3 Å². The summed E-state index contributed by atoms with van der Waals surface area (Å²) in [5, 5.41) is 0.881. The molecule has 29 heavy (non-hydrogen) atoms. The highest BCUT2D eigenvalue weighted by Gasteiger charge is 2.37. The molecule has 0 N–H and O–H groups in total. The van der Waals surface area contributed by atoms with E-state index in [1.54, 1.807) is 29.2 Å². The number of furan rings is 1. The number of carbonyl (C=O) groups is 3. The average Bonchev–Trinajstić information content (AvgIpc) is 3.43. The number of likely N-dealkylation sites (tertiary alicyclic amines) is 1. The van der Waals surface area contributed by atoms with Gasteiger partial charge >= 0.3 is 0 Å². The molecule has 0 unspecified atom stereocenters. The van der Waals surface area contributed by atoms with Crippen molar-refractivity contribution < 1.29 is 18.8 Å². The highest BCUT2D eigenvalue weighted by molar-refractivity contribution is 8.18. The predicted molar refractivity (Wildman–Crippen MR) is 113 cm³/mol. The second-order valence-electron chi connectivity index (χ2n) is 6.57. The normalized spacial score (nSPS) is 18.3. The van der Waals surface area contributed by atoms with E-state index in [1.165, 1.54) is 17.8 Å². The van der Waals surface area contributed by atoms with Crippen molar-refractivity contribution >= 4 is 58.3 Å². The first-order chi connectivity index (χ1) is 14.0. The van der Waals surface area contributed by atoms with E-state index in [2.05, 4.69) is 0 Å². The number of amides is 3. The number of rotatable bonds is 5. The van der Waals surface area contributed by atoms with Gasteiger partial charge < -0.3 is 9.32 Å². The number of imide groups is 1. The number of thioether (sulfide) groups is 1. The summed E-state index contributed by atoms with van der Waals surface area (Å²) in [5.74, 6) is -0.181. The third kappa shape index (κ3) is 4.71. The third-order valence-corrected chi connectivity index (χ3v) is 6.62. The van der Waals surface area contributed by atoms with E-state index >= 15 is 0 Å². The molecule has 2 aliphatic heterocycles. The molecule has 9 heteroatoms. The van der Waals surface area contributed by atoms with Crippen LogP contribution in [0.5, 0.6) is 0 Å². The Balaban J connectivity index is 1.42. The van der Waals surface area contributed by atoms with Gasteiger partial charge in [-0.25, -0.2) is 0 Å². The summed E-state index contributed by atoms with van der Waals surface area (Å²) in [6.45, 7) is 1.16. The van der Waals surface area contributed by atoms with E-state index in [0.717, 1.165) is 34.4 Å². The van der Waals surface area contributed by atoms with Gasteiger partial charge in [-0.1, -0.05) is 23.4 Å². The molecule has 2 saturated heterocycles. The molecule has 0 spiro atoms. The average molecular weight is 449 g/mol. The van der Waals surface area contributed by atoms with Crippen molar-refractivity contribution in [2.45, 2.75) is 22.8 Å². The van der Waals surface area contributed by atoms with Crippen LogP contribution in [0.15, 0.2) is 55.7 Å². The van der Waals surface area contributed by atoms with Crippen molar-refractivity contribution in [2.75, 3.05) is 19.6 Å². The summed E-state index contributed by atoms with van der Waals surface area (Å²) in [4.78, 5) is 41.0. The van der Waals surface area contributed by atoms with Gasteiger partial charge in [-0.05, 0) is 61.0 Å². The van der Waals surface area contributed by atoms with Crippen molar-refractivity contribution in [1.29, 1.82) is 0 Å². The first-order valence-corrected chi connectivity index (χ1v) is 11.1. The van der Waals surface area contributed by atoms with Gasteiger partial charge in [0.05, 0.1) is 4.91 Å². The minimum atomic E-state index is -0.462. The van der Waals surface area contributed by atoms with Crippen LogP contribution >= 0.6 is 35.1 Å². The maximum atomic E-state index is 12.6. The topological polar surface area (TPSA) is 70.8 Å². The molecule has 3 amide bonds. The van der Waals surface area contributed by atoms with E-state index in [-0.39, 0.29) is 17.4 Å². The van der Waals surface area contributed by atoms with Crippen LogP contribution in [0.2, 0.25) is 5.02 Å². The van der Waals surface area contributed by atoms with E-state index in [0.29, 0.717) is 29.0 Å². The van der Waals surface area contributed by atoms with Gasteiger partial charge in [0.25, 0.3) is 11.1 Å². The molecule has 0 atom stereocenters. The van der Waals surface area contributed by atoms with Crippen LogP contribution in [0, 0.1) is 0 Å². The minimum Gasteiger partial charge on any atom is -0.450 e. The Morgan fingerprint density at radius 1 is 1.14 bits per heavy atom. The fourth-order valence-electron chi connectivity index (χ4n) is 3.05. The number of benzene rings is 1. The Hall–Kier alpha value is -2.16. The van der Waals surface area contributed by atoms with Gasteiger partial charge in [0.15, 0.2) is 5.09 Å². The molecular weight excluding hydrogens is 432 g/mol. The van der Waals surface area contributed by atoms with Gasteiger partial charge in [0.2, 0.25) is 5.91 Å². The first kappa shape index (κ1) is 20.1. The van der Waals surface area contributed by atoms with Crippen LogP contribution < -0.4 is 0 Å². The van der Waals surface area contributed by atoms with E-state index in [9.17, 15) is 14.4 Å². The van der Waals surface area contributed by atoms with Crippen LogP contribution in [0.25, 0.3) is 6.08 Å². The number of halogens is 1. The molecule has 6 nitrogen and oxygen atoms in total. The molecule has 4 rings (SSSR count). The highest BCUT2D eigenvalue weighted by Crippen LogP contribution is 2.34. The molecule has 3 heterocycles. The summed E-state index contributed by atoms with van der Waals surface area (Å²) in [7, 11) is 0. The summed E-state index contributed by atoms with van der Waals surface area (Å²) < 4.78 is 5.74. The quantitative estimate of drug-likeness (QED) is 0.615. The van der Waals surface area contributed by atoms with Crippen LogP contribution in [0.4, 0.5) is 4.79 Å². The smallest absolute Gasteiger partial charge is 0.294 e. The van der Waals surface area contributed by atoms with Crippen molar-refractivity contribution in [3.63, 3.8) is 0 Å². The molecule has 2 aliphatic rings. The van der Waals surface area contributed by atoms with Crippen LogP contribution in [0.3, 0.4) is 0 Å². The van der Waals surface area contributed by atoms with Crippen molar-refractivity contribution in [2.24, 2.45) is 0 Å². The molecule has 1 aromatic heterocycles.